The van der Waals surface area contributed by atoms with Crippen molar-refractivity contribution in [2.45, 2.75) is 29.4 Å². The number of aromatic nitrogens is 2. The minimum Gasteiger partial charge on any atom is -0.411 e. The van der Waals surface area contributed by atoms with Crippen LogP contribution in [-0.2, 0) is 19.6 Å². The monoisotopic (exact) mass is 483 g/mol. The average Bonchev–Trinajstić information content (AvgIpc) is 3.28. The molecule has 174 valence electrons. The molecule has 0 aliphatic carbocycles. The maximum atomic E-state index is 12.9. The van der Waals surface area contributed by atoms with E-state index in [2.05, 4.69) is 20.8 Å². The molecule has 1 aliphatic heterocycles. The molecule has 0 radical (unpaired) electrons. The maximum absolute atomic E-state index is 12.9. The molecule has 0 unspecified atom stereocenters. The van der Waals surface area contributed by atoms with Gasteiger partial charge in [-0.05, 0) is 31.0 Å². The summed E-state index contributed by atoms with van der Waals surface area (Å²) >= 11 is 0.963. The Kier molecular flexibility index (Phi) is 8.61. The second kappa shape index (κ2) is 11.4. The lowest BCUT2D eigenvalue weighted by molar-refractivity contribution is -0.117. The first-order chi connectivity index (χ1) is 15.4. The van der Waals surface area contributed by atoms with Gasteiger partial charge in [0.2, 0.25) is 21.8 Å². The highest BCUT2D eigenvalue weighted by Gasteiger charge is 2.26. The van der Waals surface area contributed by atoms with E-state index < -0.39 is 22.0 Å². The Labute approximate surface area is 190 Å². The van der Waals surface area contributed by atoms with Crippen molar-refractivity contribution in [2.24, 2.45) is 0 Å². The number of thioether (sulfide) groups is 1. The lowest BCUT2D eigenvalue weighted by Gasteiger charge is -2.25. The number of piperidine rings is 1. The number of carbonyl (C=O) groups excluding carboxylic acids is 2. The third-order valence-corrected chi connectivity index (χ3v) is 7.32. The number of methoxy groups -OCH3 is 1. The quantitative estimate of drug-likeness (QED) is 0.400. The second-order valence-corrected chi connectivity index (χ2v) is 9.82. The minimum atomic E-state index is -3.59. The van der Waals surface area contributed by atoms with Gasteiger partial charge in [0, 0.05) is 32.3 Å². The summed E-state index contributed by atoms with van der Waals surface area (Å²) in [5, 5.41) is 12.6. The molecule has 2 N–H and O–H groups in total. The molecule has 1 aromatic carbocycles. The third kappa shape index (κ3) is 6.51. The van der Waals surface area contributed by atoms with Gasteiger partial charge in [-0.3, -0.25) is 10.1 Å². The van der Waals surface area contributed by atoms with Crippen LogP contribution >= 0.6 is 11.8 Å². The van der Waals surface area contributed by atoms with Crippen LogP contribution in [0.3, 0.4) is 0 Å². The number of hydrogen-bond acceptors (Lipinski definition) is 9. The standard InChI is InChI=1S/C19H25N5O6S2/c1-29-11-8-20-18(26)21-16(25)13-31-19-23-22-17(30-19)14-6-5-7-15(12-14)32(27,28)24-9-3-2-4-10-24/h5-7,12H,2-4,8-11,13H2,1H3,(H2,20,21,25,26). The SMILES string of the molecule is COCCNC(=O)NC(=O)CSc1nnc(-c2cccc(S(=O)(=O)N3CCCCC3)c2)o1. The molecule has 1 fully saturated rings. The molecule has 0 saturated carbocycles. The Morgan fingerprint density at radius 2 is 2.00 bits per heavy atom. The van der Waals surface area contributed by atoms with E-state index in [0.717, 1.165) is 31.0 Å². The molecule has 0 spiro atoms. The van der Waals surface area contributed by atoms with Gasteiger partial charge in [0.25, 0.3) is 5.22 Å². The molecule has 1 aliphatic rings. The van der Waals surface area contributed by atoms with Crippen molar-refractivity contribution in [1.29, 1.82) is 0 Å². The van der Waals surface area contributed by atoms with Crippen molar-refractivity contribution in [3.8, 4) is 11.5 Å². The van der Waals surface area contributed by atoms with Gasteiger partial charge in [-0.25, -0.2) is 13.2 Å². The molecule has 11 nitrogen and oxygen atoms in total. The number of sulfonamides is 1. The number of hydrogen-bond donors (Lipinski definition) is 2. The van der Waals surface area contributed by atoms with Gasteiger partial charge in [0.05, 0.1) is 17.3 Å². The fourth-order valence-electron chi connectivity index (χ4n) is 3.03. The first kappa shape index (κ1) is 24.2. The van der Waals surface area contributed by atoms with E-state index in [0.29, 0.717) is 25.3 Å². The summed E-state index contributed by atoms with van der Waals surface area (Å²) < 4.78 is 37.6. The first-order valence-electron chi connectivity index (χ1n) is 10.0. The molecule has 2 aromatic rings. The van der Waals surface area contributed by atoms with Crippen LogP contribution < -0.4 is 10.6 Å². The molecule has 32 heavy (non-hydrogen) atoms. The normalized spacial score (nSPS) is 14.8. The maximum Gasteiger partial charge on any atom is 0.321 e. The number of imide groups is 1. The van der Waals surface area contributed by atoms with Gasteiger partial charge in [-0.15, -0.1) is 10.2 Å². The third-order valence-electron chi connectivity index (χ3n) is 4.61. The Hall–Kier alpha value is -2.48. The van der Waals surface area contributed by atoms with Crippen molar-refractivity contribution in [3.05, 3.63) is 24.3 Å². The highest BCUT2D eigenvalue weighted by Crippen LogP contribution is 2.27. The Balaban J connectivity index is 1.59. The summed E-state index contributed by atoms with van der Waals surface area (Å²) in [6.07, 6.45) is 2.74. The fraction of sp³-hybridized carbons (Fsp3) is 0.474. The van der Waals surface area contributed by atoms with Gasteiger partial charge < -0.3 is 14.5 Å². The summed E-state index contributed by atoms with van der Waals surface area (Å²) in [5.74, 6) is -0.497. The Morgan fingerprint density at radius 3 is 2.75 bits per heavy atom. The summed E-state index contributed by atoms with van der Waals surface area (Å²) in [7, 11) is -2.08. The van der Waals surface area contributed by atoms with Crippen LogP contribution in [-0.4, -0.2) is 74.0 Å². The van der Waals surface area contributed by atoms with Crippen molar-refractivity contribution >= 4 is 33.7 Å². The highest BCUT2D eigenvalue weighted by molar-refractivity contribution is 7.99. The fourth-order valence-corrected chi connectivity index (χ4v) is 5.16. The lowest BCUT2D eigenvalue weighted by Crippen LogP contribution is -2.41. The molecule has 13 heteroatoms. The number of benzene rings is 1. The second-order valence-electron chi connectivity index (χ2n) is 6.95. The smallest absolute Gasteiger partial charge is 0.321 e. The van der Waals surface area contributed by atoms with E-state index >= 15 is 0 Å². The number of nitrogens with one attached hydrogen (secondary N) is 2. The van der Waals surface area contributed by atoms with E-state index in [1.54, 1.807) is 18.2 Å². The summed E-state index contributed by atoms with van der Waals surface area (Å²) in [6.45, 7) is 1.64. The van der Waals surface area contributed by atoms with E-state index in [9.17, 15) is 18.0 Å². The zero-order valence-corrected chi connectivity index (χ0v) is 19.2. The van der Waals surface area contributed by atoms with E-state index in [-0.39, 0.29) is 28.3 Å². The number of ether oxygens (including phenoxy) is 1. The van der Waals surface area contributed by atoms with Gasteiger partial charge >= 0.3 is 6.03 Å². The van der Waals surface area contributed by atoms with Crippen LogP contribution in [0.4, 0.5) is 4.79 Å². The van der Waals surface area contributed by atoms with Crippen molar-refractivity contribution in [1.82, 2.24) is 25.1 Å². The molecule has 0 bridgehead atoms. The lowest BCUT2D eigenvalue weighted by atomic mass is 10.2. The number of amides is 3. The van der Waals surface area contributed by atoms with Crippen molar-refractivity contribution in [3.63, 3.8) is 0 Å². The molecular weight excluding hydrogens is 458 g/mol. The minimum absolute atomic E-state index is 0.108. The van der Waals surface area contributed by atoms with Gasteiger partial charge in [-0.1, -0.05) is 24.2 Å². The summed E-state index contributed by atoms with van der Waals surface area (Å²) in [4.78, 5) is 23.6. The largest absolute Gasteiger partial charge is 0.411 e. The van der Waals surface area contributed by atoms with Crippen LogP contribution in [0.15, 0.2) is 38.8 Å². The zero-order chi connectivity index (χ0) is 23.0. The van der Waals surface area contributed by atoms with E-state index in [4.69, 9.17) is 9.15 Å². The molecule has 2 heterocycles. The Morgan fingerprint density at radius 1 is 1.22 bits per heavy atom. The van der Waals surface area contributed by atoms with E-state index in [1.807, 2.05) is 0 Å². The molecule has 1 saturated heterocycles. The van der Waals surface area contributed by atoms with Crippen LogP contribution in [0.2, 0.25) is 0 Å². The predicted octanol–water partition coefficient (Wildman–Crippen LogP) is 1.48. The van der Waals surface area contributed by atoms with Gasteiger partial charge in [0.15, 0.2) is 0 Å². The number of carbonyl (C=O) groups is 2. The van der Waals surface area contributed by atoms with Gasteiger partial charge in [0.1, 0.15) is 0 Å². The van der Waals surface area contributed by atoms with Gasteiger partial charge in [-0.2, -0.15) is 4.31 Å². The zero-order valence-electron chi connectivity index (χ0n) is 17.6. The predicted molar refractivity (Wildman–Crippen MR) is 116 cm³/mol. The highest BCUT2D eigenvalue weighted by atomic mass is 32.2. The van der Waals surface area contributed by atoms with E-state index in [1.165, 1.54) is 17.5 Å². The topological polar surface area (TPSA) is 144 Å². The Bertz CT molecular complexity index is 1040. The van der Waals surface area contributed by atoms with Crippen LogP contribution in [0.5, 0.6) is 0 Å². The number of rotatable bonds is 9. The number of urea groups is 1. The molecule has 3 rings (SSSR count). The average molecular weight is 484 g/mol. The number of nitrogens with zero attached hydrogens (tertiary/aromatic N) is 3. The molecular formula is C19H25N5O6S2. The first-order valence-corrected chi connectivity index (χ1v) is 12.5. The van der Waals surface area contributed by atoms with Crippen molar-refractivity contribution in [2.75, 3.05) is 39.1 Å². The van der Waals surface area contributed by atoms with Crippen LogP contribution in [0.1, 0.15) is 19.3 Å². The summed E-state index contributed by atoms with van der Waals surface area (Å²) in [6, 6.07) is 5.72. The van der Waals surface area contributed by atoms with Crippen LogP contribution in [0, 0.1) is 0 Å². The summed E-state index contributed by atoms with van der Waals surface area (Å²) in [5.41, 5.74) is 0.462. The van der Waals surface area contributed by atoms with Crippen LogP contribution in [0.25, 0.3) is 11.5 Å². The van der Waals surface area contributed by atoms with Crippen molar-refractivity contribution < 1.29 is 27.2 Å². The molecule has 3 amide bonds. The molecule has 0 atom stereocenters. The molecule has 1 aromatic heterocycles.